The van der Waals surface area contributed by atoms with Gasteiger partial charge in [0.15, 0.2) is 6.29 Å². The van der Waals surface area contributed by atoms with E-state index in [-0.39, 0.29) is 6.29 Å². The second-order valence-electron chi connectivity index (χ2n) is 11.1. The number of halogens is 1. The Morgan fingerprint density at radius 1 is 0.848 bits per heavy atom. The van der Waals surface area contributed by atoms with Crippen LogP contribution >= 0.6 is 22.9 Å². The highest BCUT2D eigenvalue weighted by molar-refractivity contribution is 14.1. The Bertz CT molecular complexity index is 2220. The number of benzene rings is 5. The van der Waals surface area contributed by atoms with Crippen molar-refractivity contribution in [2.45, 2.75) is 12.8 Å². The molecular weight excluding hydrogens is 679 g/mol. The van der Waals surface area contributed by atoms with Crippen molar-refractivity contribution in [3.63, 3.8) is 0 Å². The highest BCUT2D eigenvalue weighted by Gasteiger charge is 2.24. The van der Waals surface area contributed by atoms with Crippen LogP contribution in [0.3, 0.4) is 0 Å². The molecule has 46 heavy (non-hydrogen) atoms. The number of allylic oxidation sites excluding steroid dienone is 4. The molecule has 0 saturated heterocycles. The summed E-state index contributed by atoms with van der Waals surface area (Å²) < 4.78 is 10.6. The number of hydrogen-bond donors (Lipinski definition) is 0. The Labute approximate surface area is 282 Å². The Balaban J connectivity index is 1.36. The average molecular weight is 709 g/mol. The fourth-order valence-corrected chi connectivity index (χ4v) is 6.66. The number of aromatic nitrogens is 1. The van der Waals surface area contributed by atoms with Gasteiger partial charge in [-0.05, 0) is 70.3 Å². The lowest BCUT2D eigenvalue weighted by molar-refractivity contribution is 0.314. The first kappa shape index (κ1) is 29.5. The van der Waals surface area contributed by atoms with Crippen molar-refractivity contribution in [1.82, 2.24) is 7.68 Å². The van der Waals surface area contributed by atoms with Crippen molar-refractivity contribution in [3.05, 3.63) is 169 Å². The summed E-state index contributed by atoms with van der Waals surface area (Å²) in [5, 5.41) is 11.6. The Hall–Kier alpha value is -5.23. The van der Waals surface area contributed by atoms with Gasteiger partial charge >= 0.3 is 0 Å². The summed E-state index contributed by atoms with van der Waals surface area (Å²) in [6.07, 6.45) is 9.09. The van der Waals surface area contributed by atoms with Gasteiger partial charge in [0.2, 0.25) is 0 Å². The highest BCUT2D eigenvalue weighted by atomic mass is 127. The van der Waals surface area contributed by atoms with Gasteiger partial charge in [0, 0.05) is 52.0 Å². The first-order valence-electron chi connectivity index (χ1n) is 14.9. The van der Waals surface area contributed by atoms with Gasteiger partial charge in [-0.25, -0.2) is 3.11 Å². The maximum absolute atomic E-state index is 9.43. The molecule has 1 atom stereocenters. The normalized spacial score (nSPS) is 14.8. The van der Waals surface area contributed by atoms with Gasteiger partial charge in [0.05, 0.1) is 28.9 Å². The van der Waals surface area contributed by atoms with Crippen molar-refractivity contribution < 1.29 is 4.74 Å². The zero-order chi connectivity index (χ0) is 31.5. The van der Waals surface area contributed by atoms with Crippen molar-refractivity contribution in [2.24, 2.45) is 4.99 Å². The molecule has 1 aliphatic heterocycles. The standard InChI is InChI=1S/C40H29IN4O/c1-28-11-7-8-20-46-39-24-36-34-18-5-6-19-37(34)45(38(36)23-35(28)39)40(43-26-29-12-3-2-4-13-29)44(41)27-31-15-10-17-33(22-31)32-16-9-14-30(21-32)25-42/h2-24,26,40H,1,27H2/b11-7-,20-8-,43-26+. The van der Waals surface area contributed by atoms with E-state index in [0.29, 0.717) is 12.1 Å². The van der Waals surface area contributed by atoms with Crippen LogP contribution in [0.4, 0.5) is 0 Å². The Morgan fingerprint density at radius 2 is 1.63 bits per heavy atom. The lowest BCUT2D eigenvalue weighted by Gasteiger charge is -2.26. The molecule has 0 N–H and O–H groups in total. The molecule has 0 radical (unpaired) electrons. The van der Waals surface area contributed by atoms with E-state index < -0.39 is 0 Å². The van der Waals surface area contributed by atoms with Gasteiger partial charge in [-0.3, -0.25) is 4.99 Å². The molecule has 0 bridgehead atoms. The van der Waals surface area contributed by atoms with E-state index in [4.69, 9.17) is 9.73 Å². The molecule has 0 saturated carbocycles. The lowest BCUT2D eigenvalue weighted by Crippen LogP contribution is -2.23. The van der Waals surface area contributed by atoms with Crippen LogP contribution in [-0.2, 0) is 6.54 Å². The van der Waals surface area contributed by atoms with E-state index in [0.717, 1.165) is 60.9 Å². The van der Waals surface area contributed by atoms with Gasteiger partial charge in [-0.15, -0.1) is 0 Å². The molecule has 5 aromatic carbocycles. The summed E-state index contributed by atoms with van der Waals surface area (Å²) in [6, 6.07) is 41.4. The summed E-state index contributed by atoms with van der Waals surface area (Å²) in [4.78, 5) is 5.24. The number of para-hydroxylation sites is 1. The van der Waals surface area contributed by atoms with E-state index >= 15 is 0 Å². The molecule has 1 aliphatic rings. The number of rotatable bonds is 7. The number of nitriles is 1. The zero-order valence-corrected chi connectivity index (χ0v) is 27.1. The van der Waals surface area contributed by atoms with E-state index in [9.17, 15) is 5.26 Å². The minimum Gasteiger partial charge on any atom is -0.464 e. The summed E-state index contributed by atoms with van der Waals surface area (Å²) in [6.45, 7) is 4.96. The van der Waals surface area contributed by atoms with Gasteiger partial charge in [0.1, 0.15) is 5.75 Å². The predicted molar refractivity (Wildman–Crippen MR) is 197 cm³/mol. The van der Waals surface area contributed by atoms with Crippen molar-refractivity contribution in [2.75, 3.05) is 0 Å². The maximum Gasteiger partial charge on any atom is 0.191 e. The Kier molecular flexibility index (Phi) is 8.34. The third-order valence-corrected chi connectivity index (χ3v) is 8.90. The fourth-order valence-electron chi connectivity index (χ4n) is 5.87. The molecule has 0 fully saturated rings. The lowest BCUT2D eigenvalue weighted by atomic mass is 10.0. The van der Waals surface area contributed by atoms with Crippen LogP contribution in [0.5, 0.6) is 5.75 Å². The number of ether oxygens (including phenoxy) is 1. The number of fused-ring (bicyclic) bond motifs is 4. The van der Waals surface area contributed by atoms with Gasteiger partial charge in [-0.2, -0.15) is 5.26 Å². The Morgan fingerprint density at radius 3 is 2.48 bits per heavy atom. The van der Waals surface area contributed by atoms with Crippen LogP contribution in [-0.4, -0.2) is 13.9 Å². The summed E-state index contributed by atoms with van der Waals surface area (Å²) >= 11 is 2.41. The molecule has 1 unspecified atom stereocenters. The van der Waals surface area contributed by atoms with Gasteiger partial charge in [0.25, 0.3) is 0 Å². The van der Waals surface area contributed by atoms with Crippen molar-refractivity contribution >= 4 is 56.5 Å². The predicted octanol–water partition coefficient (Wildman–Crippen LogP) is 10.2. The molecule has 1 aromatic heterocycles. The maximum atomic E-state index is 9.43. The van der Waals surface area contributed by atoms with Crippen molar-refractivity contribution in [1.29, 1.82) is 5.26 Å². The first-order valence-corrected chi connectivity index (χ1v) is 15.9. The largest absolute Gasteiger partial charge is 0.464 e. The van der Waals surface area contributed by atoms with E-state index in [1.165, 1.54) is 0 Å². The number of aliphatic imine (C=N–C) groups is 1. The second kappa shape index (κ2) is 13.0. The van der Waals surface area contributed by atoms with Crippen LogP contribution in [0.2, 0.25) is 0 Å². The van der Waals surface area contributed by atoms with E-state index in [1.54, 1.807) is 6.26 Å². The molecule has 7 rings (SSSR count). The van der Waals surface area contributed by atoms with Crippen LogP contribution in [0.25, 0.3) is 38.5 Å². The molecule has 0 aliphatic carbocycles. The van der Waals surface area contributed by atoms with Gasteiger partial charge < -0.3 is 9.30 Å². The van der Waals surface area contributed by atoms with Crippen LogP contribution in [0, 0.1) is 11.3 Å². The minimum atomic E-state index is -0.384. The fraction of sp³-hybridized carbons (Fsp3) is 0.0500. The number of hydrogen-bond acceptors (Lipinski definition) is 4. The van der Waals surface area contributed by atoms with Crippen LogP contribution in [0.15, 0.2) is 151 Å². The van der Waals surface area contributed by atoms with Crippen LogP contribution < -0.4 is 4.74 Å². The van der Waals surface area contributed by atoms with E-state index in [1.807, 2.05) is 66.9 Å². The highest BCUT2D eigenvalue weighted by Crippen LogP contribution is 2.40. The average Bonchev–Trinajstić information content (AvgIpc) is 3.40. The third-order valence-electron chi connectivity index (χ3n) is 8.06. The molecule has 222 valence electrons. The monoisotopic (exact) mass is 708 g/mol. The molecule has 0 spiro atoms. The second-order valence-corrected chi connectivity index (χ2v) is 12.3. The molecule has 6 aromatic rings. The first-order chi connectivity index (χ1) is 22.6. The smallest absolute Gasteiger partial charge is 0.191 e. The minimum absolute atomic E-state index is 0.384. The number of nitrogens with zero attached hydrogens (tertiary/aromatic N) is 4. The quantitative estimate of drug-likeness (QED) is 0.0943. The van der Waals surface area contributed by atoms with Crippen molar-refractivity contribution in [3.8, 4) is 22.9 Å². The van der Waals surface area contributed by atoms with Gasteiger partial charge in [-0.1, -0.05) is 97.6 Å². The SMILES string of the molecule is C=C1/C=C\C=C/Oc2cc3c4ccccc4n(C(/N=C/c4ccccc4)N(I)Cc4cccc(-c5cccc(C#N)c5)c4)c3cc21. The third kappa shape index (κ3) is 5.91. The topological polar surface area (TPSA) is 53.5 Å². The van der Waals surface area contributed by atoms with Crippen LogP contribution in [0.1, 0.15) is 28.5 Å². The summed E-state index contributed by atoms with van der Waals surface area (Å²) in [5.74, 6) is 0.772. The summed E-state index contributed by atoms with van der Waals surface area (Å²) in [7, 11) is 0. The molecule has 2 heterocycles. The molecule has 5 nitrogen and oxygen atoms in total. The van der Waals surface area contributed by atoms with E-state index in [2.05, 4.69) is 116 Å². The molecular formula is C40H29IN4O. The molecule has 0 amide bonds. The molecule has 6 heteroatoms. The summed E-state index contributed by atoms with van der Waals surface area (Å²) in [5.41, 5.74) is 8.84. The zero-order valence-electron chi connectivity index (χ0n) is 24.9.